The summed E-state index contributed by atoms with van der Waals surface area (Å²) in [4.78, 5) is 20.4. The Hall–Kier alpha value is -2.91. The second kappa shape index (κ2) is 6.92. The normalized spacial score (nSPS) is 13.5. The number of rotatable bonds is 3. The van der Waals surface area contributed by atoms with Gasteiger partial charge in [0.05, 0.1) is 6.54 Å². The average Bonchev–Trinajstić information content (AvgIpc) is 3.47. The molecule has 0 N–H and O–H groups in total. The zero-order chi connectivity index (χ0) is 19.1. The van der Waals surface area contributed by atoms with Gasteiger partial charge >= 0.3 is 0 Å². The summed E-state index contributed by atoms with van der Waals surface area (Å²) in [7, 11) is 0. The first-order valence-corrected chi connectivity index (χ1v) is 10.5. The molecule has 0 saturated heterocycles. The lowest BCUT2D eigenvalue weighted by molar-refractivity contribution is 0.0708. The summed E-state index contributed by atoms with van der Waals surface area (Å²) in [5.74, 6) is 2.25. The van der Waals surface area contributed by atoms with Crippen molar-refractivity contribution in [1.82, 2.24) is 29.0 Å². The number of carbonyl (C=O) groups excluding carboxylic acids is 1. The molecule has 0 fully saturated rings. The lowest BCUT2D eigenvalue weighted by Crippen LogP contribution is -2.38. The second-order valence-electron chi connectivity index (χ2n) is 6.52. The van der Waals surface area contributed by atoms with Gasteiger partial charge in [0.15, 0.2) is 16.7 Å². The highest BCUT2D eigenvalue weighted by Gasteiger charge is 2.26. The highest BCUT2D eigenvalue weighted by atomic mass is 32.1. The Balaban J connectivity index is 1.35. The molecule has 1 amide bonds. The molecule has 0 atom stereocenters. The van der Waals surface area contributed by atoms with E-state index in [0.29, 0.717) is 25.2 Å². The van der Waals surface area contributed by atoms with Gasteiger partial charge in [-0.05, 0) is 47.6 Å². The van der Waals surface area contributed by atoms with Crippen molar-refractivity contribution in [2.75, 3.05) is 6.54 Å². The van der Waals surface area contributed by atoms with Crippen molar-refractivity contribution in [3.05, 3.63) is 59.0 Å². The number of amides is 1. The number of nitrogens with zero attached hydrogens (tertiary/aromatic N) is 6. The van der Waals surface area contributed by atoms with Crippen LogP contribution < -0.4 is 0 Å². The summed E-state index contributed by atoms with van der Waals surface area (Å²) >= 11 is 3.01. The predicted molar refractivity (Wildman–Crippen MR) is 108 cm³/mol. The van der Waals surface area contributed by atoms with Crippen LogP contribution in [-0.4, -0.2) is 41.5 Å². The van der Waals surface area contributed by atoms with Gasteiger partial charge in [-0.2, -0.15) is 4.37 Å². The van der Waals surface area contributed by atoms with Gasteiger partial charge in [0.2, 0.25) is 0 Å². The fourth-order valence-corrected chi connectivity index (χ4v) is 4.68. The van der Waals surface area contributed by atoms with E-state index in [-0.39, 0.29) is 5.91 Å². The van der Waals surface area contributed by atoms with E-state index in [0.717, 1.165) is 28.0 Å². The first-order valence-electron chi connectivity index (χ1n) is 8.85. The van der Waals surface area contributed by atoms with Crippen molar-refractivity contribution in [2.45, 2.75) is 20.0 Å². The van der Waals surface area contributed by atoms with Gasteiger partial charge in [-0.25, -0.2) is 4.98 Å². The quantitative estimate of drug-likeness (QED) is 0.519. The van der Waals surface area contributed by atoms with Crippen LogP contribution in [0, 0.1) is 6.92 Å². The summed E-state index contributed by atoms with van der Waals surface area (Å²) < 4.78 is 6.25. The molecule has 1 aliphatic heterocycles. The molecule has 28 heavy (non-hydrogen) atoms. The summed E-state index contributed by atoms with van der Waals surface area (Å²) in [6.45, 7) is 3.56. The Kier molecular flexibility index (Phi) is 4.25. The Morgan fingerprint density at radius 2 is 1.96 bits per heavy atom. The van der Waals surface area contributed by atoms with Crippen LogP contribution in [0.4, 0.5) is 0 Å². The summed E-state index contributed by atoms with van der Waals surface area (Å²) in [5, 5.41) is 11.4. The minimum atomic E-state index is 0.0142. The lowest BCUT2D eigenvalue weighted by atomic mass is 10.1. The topological polar surface area (TPSA) is 76.8 Å². The van der Waals surface area contributed by atoms with Crippen molar-refractivity contribution in [1.29, 1.82) is 0 Å². The highest BCUT2D eigenvalue weighted by molar-refractivity contribution is 7.13. The number of aromatic nitrogens is 5. The molecule has 4 heterocycles. The number of hydrogen-bond donors (Lipinski definition) is 0. The molecule has 0 saturated carbocycles. The molecule has 7 nitrogen and oxygen atoms in total. The molecule has 140 valence electrons. The van der Waals surface area contributed by atoms with E-state index in [2.05, 4.69) is 31.0 Å². The van der Waals surface area contributed by atoms with Gasteiger partial charge in [0.25, 0.3) is 5.91 Å². The van der Waals surface area contributed by atoms with Crippen LogP contribution in [0.15, 0.2) is 41.8 Å². The molecule has 0 radical (unpaired) electrons. The van der Waals surface area contributed by atoms with Crippen LogP contribution in [0.3, 0.4) is 0 Å². The zero-order valence-electron chi connectivity index (χ0n) is 15.1. The average molecular weight is 409 g/mol. The maximum Gasteiger partial charge on any atom is 0.254 e. The van der Waals surface area contributed by atoms with E-state index in [9.17, 15) is 4.79 Å². The van der Waals surface area contributed by atoms with Crippen LogP contribution >= 0.6 is 22.9 Å². The highest BCUT2D eigenvalue weighted by Crippen LogP contribution is 2.26. The van der Waals surface area contributed by atoms with Crippen molar-refractivity contribution in [3.63, 3.8) is 0 Å². The van der Waals surface area contributed by atoms with E-state index < -0.39 is 0 Å². The SMILES string of the molecule is Cc1nsc(-c2nnc3n2CCN(C(=O)c2ccc(-c4cccs4)cc2)C3)n1. The van der Waals surface area contributed by atoms with Crippen LogP contribution in [0.1, 0.15) is 22.0 Å². The molecule has 3 aromatic heterocycles. The molecule has 5 rings (SSSR count). The first kappa shape index (κ1) is 17.2. The maximum atomic E-state index is 12.9. The van der Waals surface area contributed by atoms with Crippen molar-refractivity contribution in [3.8, 4) is 21.3 Å². The van der Waals surface area contributed by atoms with Gasteiger partial charge in [0, 0.05) is 23.5 Å². The number of carbonyl (C=O) groups is 1. The summed E-state index contributed by atoms with van der Waals surface area (Å²) in [5.41, 5.74) is 1.81. The molecule has 4 aromatic rings. The number of thiophene rings is 1. The third-order valence-corrected chi connectivity index (χ3v) is 6.42. The Labute approximate surface area is 169 Å². The molecule has 0 spiro atoms. The predicted octanol–water partition coefficient (Wildman–Crippen LogP) is 3.49. The molecule has 0 bridgehead atoms. The van der Waals surface area contributed by atoms with Gasteiger partial charge in [-0.3, -0.25) is 4.79 Å². The van der Waals surface area contributed by atoms with Crippen LogP contribution in [0.2, 0.25) is 0 Å². The molecule has 1 aromatic carbocycles. The Morgan fingerprint density at radius 3 is 2.68 bits per heavy atom. The minimum Gasteiger partial charge on any atom is -0.329 e. The smallest absolute Gasteiger partial charge is 0.254 e. The molecule has 9 heteroatoms. The number of aryl methyl sites for hydroxylation is 1. The second-order valence-corrected chi connectivity index (χ2v) is 8.22. The van der Waals surface area contributed by atoms with E-state index in [1.807, 2.05) is 46.7 Å². The van der Waals surface area contributed by atoms with Gasteiger partial charge in [-0.15, -0.1) is 21.5 Å². The van der Waals surface area contributed by atoms with Crippen LogP contribution in [-0.2, 0) is 13.1 Å². The first-order chi connectivity index (χ1) is 13.7. The van der Waals surface area contributed by atoms with E-state index in [4.69, 9.17) is 0 Å². The fourth-order valence-electron chi connectivity index (χ4n) is 3.28. The zero-order valence-corrected chi connectivity index (χ0v) is 16.7. The number of hydrogen-bond acceptors (Lipinski definition) is 7. The maximum absolute atomic E-state index is 12.9. The third kappa shape index (κ3) is 3.02. The van der Waals surface area contributed by atoms with Crippen molar-refractivity contribution >= 4 is 28.8 Å². The standard InChI is InChI=1S/C19H16N6OS2/c1-12-20-18(28-23-12)17-22-21-16-11-24(8-9-25(16)17)19(26)14-6-4-13(5-7-14)15-3-2-10-27-15/h2-7,10H,8-9,11H2,1H3. The van der Waals surface area contributed by atoms with E-state index >= 15 is 0 Å². The van der Waals surface area contributed by atoms with Crippen molar-refractivity contribution < 1.29 is 4.79 Å². The van der Waals surface area contributed by atoms with E-state index in [1.54, 1.807) is 11.3 Å². The number of benzene rings is 1. The van der Waals surface area contributed by atoms with Gasteiger partial charge in [0.1, 0.15) is 5.82 Å². The van der Waals surface area contributed by atoms with Crippen molar-refractivity contribution in [2.24, 2.45) is 0 Å². The minimum absolute atomic E-state index is 0.0142. The fraction of sp³-hybridized carbons (Fsp3) is 0.211. The third-order valence-electron chi connectivity index (χ3n) is 4.70. The molecule has 0 unspecified atom stereocenters. The van der Waals surface area contributed by atoms with Gasteiger partial charge < -0.3 is 9.47 Å². The Morgan fingerprint density at radius 1 is 1.11 bits per heavy atom. The van der Waals surface area contributed by atoms with Crippen LogP contribution in [0.25, 0.3) is 21.3 Å². The number of fused-ring (bicyclic) bond motifs is 1. The monoisotopic (exact) mass is 408 g/mol. The Bertz CT molecular complexity index is 1130. The summed E-state index contributed by atoms with van der Waals surface area (Å²) in [6.07, 6.45) is 0. The molecule has 0 aliphatic carbocycles. The summed E-state index contributed by atoms with van der Waals surface area (Å²) in [6, 6.07) is 11.9. The lowest BCUT2D eigenvalue weighted by Gasteiger charge is -2.27. The van der Waals surface area contributed by atoms with Crippen LogP contribution in [0.5, 0.6) is 0 Å². The molecule has 1 aliphatic rings. The molecular formula is C19H16N6OS2. The largest absolute Gasteiger partial charge is 0.329 e. The van der Waals surface area contributed by atoms with E-state index in [1.165, 1.54) is 16.4 Å². The molecular weight excluding hydrogens is 392 g/mol. The van der Waals surface area contributed by atoms with Gasteiger partial charge in [-0.1, -0.05) is 18.2 Å².